The van der Waals surface area contributed by atoms with Crippen LogP contribution in [0.5, 0.6) is 11.5 Å². The molecule has 1 heterocycles. The third-order valence-corrected chi connectivity index (χ3v) is 5.88. The molecular weight excluding hydrogens is 432 g/mol. The van der Waals surface area contributed by atoms with Gasteiger partial charge in [-0.05, 0) is 42.8 Å². The number of hydrogen-bond donors (Lipinski definition) is 0. The zero-order valence-electron chi connectivity index (χ0n) is 19.4. The lowest BCUT2D eigenvalue weighted by molar-refractivity contribution is -0.122. The maximum Gasteiger partial charge on any atom is 0.257 e. The minimum atomic E-state index is -0.922. The molecule has 34 heavy (non-hydrogen) atoms. The number of methoxy groups -OCH3 is 2. The quantitative estimate of drug-likeness (QED) is 0.501. The molecule has 0 aromatic heterocycles. The van der Waals surface area contributed by atoms with Gasteiger partial charge < -0.3 is 14.4 Å². The summed E-state index contributed by atoms with van der Waals surface area (Å²) in [6.45, 7) is 2.16. The Balaban J connectivity index is 1.71. The van der Waals surface area contributed by atoms with Gasteiger partial charge >= 0.3 is 0 Å². The first-order valence-corrected chi connectivity index (χ1v) is 10.9. The van der Waals surface area contributed by atoms with Gasteiger partial charge in [0, 0.05) is 12.1 Å². The molecule has 0 N–H and O–H groups in total. The molecule has 0 spiro atoms. The predicted octanol–water partition coefficient (Wildman–Crippen LogP) is 3.99. The maximum absolute atomic E-state index is 13.7. The van der Waals surface area contributed by atoms with Crippen molar-refractivity contribution >= 4 is 23.4 Å². The fourth-order valence-corrected chi connectivity index (χ4v) is 4.06. The van der Waals surface area contributed by atoms with E-state index >= 15 is 0 Å². The highest BCUT2D eigenvalue weighted by atomic mass is 16.5. The van der Waals surface area contributed by atoms with Gasteiger partial charge in [0.1, 0.15) is 6.04 Å². The summed E-state index contributed by atoms with van der Waals surface area (Å²) in [6, 6.07) is 20.4. The molecule has 3 aromatic rings. The van der Waals surface area contributed by atoms with E-state index in [1.165, 1.54) is 19.1 Å². The van der Waals surface area contributed by atoms with Gasteiger partial charge in [0.05, 0.1) is 26.3 Å². The molecule has 1 unspecified atom stereocenters. The standard InChI is InChI=1S/C27H26N2O5/c1-18-9-11-19(12-10-18)17-28(26(31)20-13-14-23(33-2)24(15-20)34-3)22-16-25(30)29(27(22)32)21-7-5-4-6-8-21/h4-15,22H,16-17H2,1-3H3. The van der Waals surface area contributed by atoms with Crippen LogP contribution in [0.2, 0.25) is 0 Å². The van der Waals surface area contributed by atoms with E-state index in [2.05, 4.69) is 0 Å². The lowest BCUT2D eigenvalue weighted by Gasteiger charge is -2.28. The molecule has 1 fully saturated rings. The summed E-state index contributed by atoms with van der Waals surface area (Å²) >= 11 is 0. The van der Waals surface area contributed by atoms with Crippen LogP contribution in [0.25, 0.3) is 0 Å². The summed E-state index contributed by atoms with van der Waals surface area (Å²) < 4.78 is 10.6. The van der Waals surface area contributed by atoms with Gasteiger partial charge in [-0.1, -0.05) is 48.0 Å². The van der Waals surface area contributed by atoms with E-state index in [4.69, 9.17) is 9.47 Å². The summed E-state index contributed by atoms with van der Waals surface area (Å²) in [5, 5.41) is 0. The number of carbonyl (C=O) groups is 3. The molecule has 1 aliphatic heterocycles. The Morgan fingerprint density at radius 1 is 0.941 bits per heavy atom. The number of ether oxygens (including phenoxy) is 2. The van der Waals surface area contributed by atoms with Gasteiger partial charge in [-0.2, -0.15) is 0 Å². The van der Waals surface area contributed by atoms with Crippen LogP contribution >= 0.6 is 0 Å². The fourth-order valence-electron chi connectivity index (χ4n) is 4.06. The second kappa shape index (κ2) is 9.79. The number of imide groups is 1. The molecule has 3 aromatic carbocycles. The fraction of sp³-hybridized carbons (Fsp3) is 0.222. The highest BCUT2D eigenvalue weighted by molar-refractivity contribution is 6.23. The van der Waals surface area contributed by atoms with E-state index in [0.29, 0.717) is 22.7 Å². The van der Waals surface area contributed by atoms with Crippen molar-refractivity contribution in [1.29, 1.82) is 0 Å². The van der Waals surface area contributed by atoms with Gasteiger partial charge in [-0.25, -0.2) is 4.90 Å². The second-order valence-corrected chi connectivity index (χ2v) is 8.11. The Kier molecular flexibility index (Phi) is 6.63. The van der Waals surface area contributed by atoms with Crippen molar-refractivity contribution in [2.45, 2.75) is 25.9 Å². The number of nitrogens with zero attached hydrogens (tertiary/aromatic N) is 2. The first-order chi connectivity index (χ1) is 16.4. The topological polar surface area (TPSA) is 76.2 Å². The third-order valence-electron chi connectivity index (χ3n) is 5.88. The highest BCUT2D eigenvalue weighted by Crippen LogP contribution is 2.31. The summed E-state index contributed by atoms with van der Waals surface area (Å²) in [4.78, 5) is 42.6. The predicted molar refractivity (Wildman–Crippen MR) is 128 cm³/mol. The molecule has 0 saturated carbocycles. The van der Waals surface area contributed by atoms with Crippen molar-refractivity contribution in [1.82, 2.24) is 4.90 Å². The van der Waals surface area contributed by atoms with Crippen molar-refractivity contribution in [2.24, 2.45) is 0 Å². The monoisotopic (exact) mass is 458 g/mol. The van der Waals surface area contributed by atoms with Crippen LogP contribution in [0, 0.1) is 6.92 Å². The summed E-state index contributed by atoms with van der Waals surface area (Å²) in [5.74, 6) is -0.232. The third kappa shape index (κ3) is 4.50. The van der Waals surface area contributed by atoms with E-state index in [-0.39, 0.29) is 24.8 Å². The average molecular weight is 459 g/mol. The minimum absolute atomic E-state index is 0.0847. The molecule has 1 aliphatic rings. The van der Waals surface area contributed by atoms with Gasteiger partial charge in [0.15, 0.2) is 11.5 Å². The van der Waals surface area contributed by atoms with Crippen molar-refractivity contribution in [2.75, 3.05) is 19.1 Å². The molecule has 7 heteroatoms. The van der Waals surface area contributed by atoms with E-state index in [0.717, 1.165) is 16.0 Å². The molecule has 4 rings (SSSR count). The number of rotatable bonds is 7. The summed E-state index contributed by atoms with van der Waals surface area (Å²) in [7, 11) is 3.01. The Bertz CT molecular complexity index is 1210. The Morgan fingerprint density at radius 3 is 2.26 bits per heavy atom. The molecule has 7 nitrogen and oxygen atoms in total. The smallest absolute Gasteiger partial charge is 0.257 e. The van der Waals surface area contributed by atoms with Gasteiger partial charge in [-0.15, -0.1) is 0 Å². The zero-order chi connectivity index (χ0) is 24.2. The van der Waals surface area contributed by atoms with Crippen LogP contribution in [0.4, 0.5) is 5.69 Å². The SMILES string of the molecule is COc1ccc(C(=O)N(Cc2ccc(C)cc2)C2CC(=O)N(c3ccccc3)C2=O)cc1OC. The normalized spacial score (nSPS) is 15.4. The van der Waals surface area contributed by atoms with Crippen molar-refractivity contribution in [3.05, 3.63) is 89.5 Å². The molecule has 0 radical (unpaired) electrons. The van der Waals surface area contributed by atoms with E-state index < -0.39 is 11.9 Å². The van der Waals surface area contributed by atoms with E-state index in [1.807, 2.05) is 37.3 Å². The number of para-hydroxylation sites is 1. The summed E-state index contributed by atoms with van der Waals surface area (Å²) in [5.41, 5.74) is 2.78. The molecule has 0 aliphatic carbocycles. The molecule has 174 valence electrons. The second-order valence-electron chi connectivity index (χ2n) is 8.11. The lowest BCUT2D eigenvalue weighted by Crippen LogP contribution is -2.45. The largest absolute Gasteiger partial charge is 0.493 e. The average Bonchev–Trinajstić information content (AvgIpc) is 3.16. The number of carbonyl (C=O) groups excluding carboxylic acids is 3. The molecule has 1 saturated heterocycles. The van der Waals surface area contributed by atoms with E-state index in [9.17, 15) is 14.4 Å². The van der Waals surface area contributed by atoms with Crippen LogP contribution in [-0.4, -0.2) is 42.9 Å². The number of benzene rings is 3. The Hall–Kier alpha value is -4.13. The van der Waals surface area contributed by atoms with E-state index in [1.54, 1.807) is 42.5 Å². The van der Waals surface area contributed by atoms with Crippen LogP contribution in [0.15, 0.2) is 72.8 Å². The van der Waals surface area contributed by atoms with Gasteiger partial charge in [-0.3, -0.25) is 14.4 Å². The minimum Gasteiger partial charge on any atom is -0.493 e. The van der Waals surface area contributed by atoms with Crippen LogP contribution in [-0.2, 0) is 16.1 Å². The van der Waals surface area contributed by atoms with Crippen LogP contribution < -0.4 is 14.4 Å². The number of anilines is 1. The maximum atomic E-state index is 13.7. The van der Waals surface area contributed by atoms with Crippen LogP contribution in [0.3, 0.4) is 0 Å². The Labute approximate surface area is 198 Å². The Morgan fingerprint density at radius 2 is 1.62 bits per heavy atom. The number of hydrogen-bond acceptors (Lipinski definition) is 5. The first kappa shape index (κ1) is 23.0. The number of aryl methyl sites for hydroxylation is 1. The zero-order valence-corrected chi connectivity index (χ0v) is 19.4. The van der Waals surface area contributed by atoms with Crippen LogP contribution in [0.1, 0.15) is 27.9 Å². The van der Waals surface area contributed by atoms with Gasteiger partial charge in [0.25, 0.3) is 11.8 Å². The summed E-state index contributed by atoms with van der Waals surface area (Å²) in [6.07, 6.45) is -0.0847. The molecular formula is C27H26N2O5. The highest BCUT2D eigenvalue weighted by Gasteiger charge is 2.44. The van der Waals surface area contributed by atoms with Crippen molar-refractivity contribution in [3.63, 3.8) is 0 Å². The van der Waals surface area contributed by atoms with Crippen molar-refractivity contribution < 1.29 is 23.9 Å². The van der Waals surface area contributed by atoms with Gasteiger partial charge in [0.2, 0.25) is 5.91 Å². The molecule has 1 atom stereocenters. The lowest BCUT2D eigenvalue weighted by atomic mass is 10.1. The van der Waals surface area contributed by atoms with Crippen molar-refractivity contribution in [3.8, 4) is 11.5 Å². The molecule has 0 bridgehead atoms. The molecule has 3 amide bonds. The number of amides is 3. The first-order valence-electron chi connectivity index (χ1n) is 10.9.